The van der Waals surface area contributed by atoms with Crippen molar-refractivity contribution in [3.63, 3.8) is 0 Å². The van der Waals surface area contributed by atoms with Gasteiger partial charge in [0.15, 0.2) is 6.61 Å². The minimum atomic E-state index is -0.957. The number of hydrogen-bond donors (Lipinski definition) is 2. The first-order valence-electron chi connectivity index (χ1n) is 12.1. The SMILES string of the molecule is CN1CC2(CCN(C(=O)Cc3ccc(Cl)cc3)CC2)C[C@@H](O)[C@@H](O)Cc2ccccc2OCC1=O. The molecule has 2 aromatic carbocycles. The minimum Gasteiger partial charge on any atom is -0.483 e. The molecule has 2 aromatic rings. The van der Waals surface area contributed by atoms with Gasteiger partial charge >= 0.3 is 0 Å². The molecule has 0 saturated carbocycles. The lowest BCUT2D eigenvalue weighted by molar-refractivity contribution is -0.138. The molecule has 1 fully saturated rings. The van der Waals surface area contributed by atoms with E-state index in [1.807, 2.05) is 35.2 Å². The highest BCUT2D eigenvalue weighted by Gasteiger charge is 2.40. The number of carbonyl (C=O) groups excluding carboxylic acids is 2. The van der Waals surface area contributed by atoms with Crippen molar-refractivity contribution in [3.05, 3.63) is 64.7 Å². The van der Waals surface area contributed by atoms with Crippen molar-refractivity contribution in [2.75, 3.05) is 33.3 Å². The second kappa shape index (κ2) is 11.0. The van der Waals surface area contributed by atoms with Gasteiger partial charge in [0.1, 0.15) is 5.75 Å². The summed E-state index contributed by atoms with van der Waals surface area (Å²) in [6.45, 7) is 1.42. The fraction of sp³-hybridized carbons (Fsp3) is 0.481. The van der Waals surface area contributed by atoms with Gasteiger partial charge in [-0.3, -0.25) is 9.59 Å². The van der Waals surface area contributed by atoms with Crippen LogP contribution in [0, 0.1) is 5.41 Å². The van der Waals surface area contributed by atoms with E-state index in [1.54, 1.807) is 30.1 Å². The number of likely N-dealkylation sites (N-methyl/N-ethyl adjacent to an activating group) is 1. The number of benzene rings is 2. The van der Waals surface area contributed by atoms with E-state index in [1.165, 1.54) is 0 Å². The Balaban J connectivity index is 1.47. The van der Waals surface area contributed by atoms with Crippen LogP contribution >= 0.6 is 11.6 Å². The molecule has 188 valence electrons. The molecule has 2 amide bonds. The lowest BCUT2D eigenvalue weighted by Gasteiger charge is -2.45. The summed E-state index contributed by atoms with van der Waals surface area (Å²) in [7, 11) is 1.74. The minimum absolute atomic E-state index is 0.0466. The maximum Gasteiger partial charge on any atom is 0.260 e. The largest absolute Gasteiger partial charge is 0.483 e. The molecule has 2 aliphatic rings. The van der Waals surface area contributed by atoms with Crippen LogP contribution in [0.3, 0.4) is 0 Å². The Kier molecular flexibility index (Phi) is 7.99. The van der Waals surface area contributed by atoms with Gasteiger partial charge in [0.2, 0.25) is 5.91 Å². The molecule has 35 heavy (non-hydrogen) atoms. The zero-order valence-corrected chi connectivity index (χ0v) is 20.8. The van der Waals surface area contributed by atoms with E-state index in [9.17, 15) is 19.8 Å². The average Bonchev–Trinajstić information content (AvgIpc) is 2.84. The summed E-state index contributed by atoms with van der Waals surface area (Å²) < 4.78 is 5.77. The Morgan fingerprint density at radius 3 is 2.49 bits per heavy atom. The van der Waals surface area contributed by atoms with Crippen LogP contribution in [0.1, 0.15) is 30.4 Å². The van der Waals surface area contributed by atoms with E-state index < -0.39 is 17.6 Å². The zero-order valence-electron chi connectivity index (χ0n) is 20.0. The van der Waals surface area contributed by atoms with Gasteiger partial charge in [-0.1, -0.05) is 41.9 Å². The molecular weight excluding hydrogens is 468 g/mol. The van der Waals surface area contributed by atoms with Gasteiger partial charge in [-0.25, -0.2) is 0 Å². The number of ether oxygens (including phenoxy) is 1. The Morgan fingerprint density at radius 1 is 1.09 bits per heavy atom. The number of hydrogen-bond acceptors (Lipinski definition) is 5. The average molecular weight is 501 g/mol. The van der Waals surface area contributed by atoms with Gasteiger partial charge < -0.3 is 24.7 Å². The van der Waals surface area contributed by atoms with Gasteiger partial charge in [-0.2, -0.15) is 0 Å². The lowest BCUT2D eigenvalue weighted by Crippen LogP contribution is -2.51. The number of piperidine rings is 1. The molecule has 0 bridgehead atoms. The van der Waals surface area contributed by atoms with Crippen LogP contribution in [0.5, 0.6) is 5.75 Å². The van der Waals surface area contributed by atoms with Crippen LogP contribution in [0.2, 0.25) is 5.02 Å². The summed E-state index contributed by atoms with van der Waals surface area (Å²) in [6, 6.07) is 14.5. The second-order valence-electron chi connectivity index (χ2n) is 9.87. The quantitative estimate of drug-likeness (QED) is 0.661. The summed E-state index contributed by atoms with van der Waals surface area (Å²) >= 11 is 5.95. The van der Waals surface area contributed by atoms with E-state index in [0.29, 0.717) is 56.1 Å². The molecule has 2 aliphatic heterocycles. The second-order valence-corrected chi connectivity index (χ2v) is 10.3. The first kappa shape index (κ1) is 25.5. The molecule has 0 unspecified atom stereocenters. The van der Waals surface area contributed by atoms with Crippen molar-refractivity contribution in [2.45, 2.75) is 44.3 Å². The number of carbonyl (C=O) groups is 2. The van der Waals surface area contributed by atoms with Crippen molar-refractivity contribution in [3.8, 4) is 5.75 Å². The standard InChI is InChI=1S/C27H33ClN2O5/c1-29-18-27(10-12-30(13-11-27)25(33)14-19-6-8-21(28)9-7-19)16-23(32)22(31)15-20-4-2-3-5-24(20)35-17-26(29)34/h2-9,22-23,31-32H,10-18H2,1H3/t22-,23+/m0/s1. The van der Waals surface area contributed by atoms with Crippen LogP contribution in [-0.2, 0) is 22.4 Å². The molecule has 1 saturated heterocycles. The topological polar surface area (TPSA) is 90.3 Å². The van der Waals surface area contributed by atoms with Gasteiger partial charge in [-0.05, 0) is 54.0 Å². The van der Waals surface area contributed by atoms with Gasteiger partial charge in [0, 0.05) is 38.1 Å². The van der Waals surface area contributed by atoms with Crippen LogP contribution < -0.4 is 4.74 Å². The highest BCUT2D eigenvalue weighted by molar-refractivity contribution is 6.30. The van der Waals surface area contributed by atoms with Gasteiger partial charge in [-0.15, -0.1) is 0 Å². The molecule has 0 aromatic heterocycles. The predicted molar refractivity (Wildman–Crippen MR) is 133 cm³/mol. The first-order chi connectivity index (χ1) is 16.7. The van der Waals surface area contributed by atoms with E-state index in [4.69, 9.17) is 16.3 Å². The number of para-hydroxylation sites is 1. The summed E-state index contributed by atoms with van der Waals surface area (Å²) in [6.07, 6.45) is 0.262. The maximum absolute atomic E-state index is 12.9. The number of nitrogens with zero attached hydrogens (tertiary/aromatic N) is 2. The van der Waals surface area contributed by atoms with Crippen molar-refractivity contribution >= 4 is 23.4 Å². The number of amides is 2. The number of rotatable bonds is 2. The van der Waals surface area contributed by atoms with E-state index in [-0.39, 0.29) is 24.8 Å². The fourth-order valence-electron chi connectivity index (χ4n) is 5.14. The smallest absolute Gasteiger partial charge is 0.260 e. The van der Waals surface area contributed by atoms with Crippen molar-refractivity contribution in [2.24, 2.45) is 5.41 Å². The number of aliphatic hydroxyl groups excluding tert-OH is 2. The normalized spacial score (nSPS) is 23.1. The van der Waals surface area contributed by atoms with Crippen molar-refractivity contribution < 1.29 is 24.5 Å². The summed E-state index contributed by atoms with van der Waals surface area (Å²) in [5.74, 6) is 0.449. The highest BCUT2D eigenvalue weighted by Crippen LogP contribution is 2.38. The molecule has 8 heteroatoms. The first-order valence-corrected chi connectivity index (χ1v) is 12.5. The Hall–Kier alpha value is -2.61. The summed E-state index contributed by atoms with van der Waals surface area (Å²) in [4.78, 5) is 29.2. The molecule has 2 atom stereocenters. The van der Waals surface area contributed by atoms with Crippen molar-refractivity contribution in [1.29, 1.82) is 0 Å². The lowest BCUT2D eigenvalue weighted by atomic mass is 9.72. The Labute approximate surface area is 211 Å². The molecule has 7 nitrogen and oxygen atoms in total. The predicted octanol–water partition coefficient (Wildman–Crippen LogP) is 2.70. The maximum atomic E-state index is 12.9. The molecule has 1 spiro atoms. The van der Waals surface area contributed by atoms with Crippen LogP contribution in [-0.4, -0.2) is 77.3 Å². The van der Waals surface area contributed by atoms with Crippen LogP contribution in [0.4, 0.5) is 0 Å². The van der Waals surface area contributed by atoms with Gasteiger partial charge in [0.25, 0.3) is 5.91 Å². The third kappa shape index (κ3) is 6.34. The molecule has 0 aliphatic carbocycles. The Morgan fingerprint density at radius 2 is 1.77 bits per heavy atom. The van der Waals surface area contributed by atoms with E-state index in [0.717, 1.165) is 11.1 Å². The monoisotopic (exact) mass is 500 g/mol. The van der Waals surface area contributed by atoms with Crippen molar-refractivity contribution in [1.82, 2.24) is 9.80 Å². The number of likely N-dealkylation sites (tertiary alicyclic amines) is 1. The number of aliphatic hydroxyl groups is 2. The summed E-state index contributed by atoms with van der Waals surface area (Å²) in [5.41, 5.74) is 1.27. The summed E-state index contributed by atoms with van der Waals surface area (Å²) in [5, 5.41) is 22.4. The number of fused-ring (bicyclic) bond motifs is 1. The van der Waals surface area contributed by atoms with Crippen LogP contribution in [0.15, 0.2) is 48.5 Å². The molecular formula is C27H33ClN2O5. The van der Waals surface area contributed by atoms with E-state index in [2.05, 4.69) is 0 Å². The molecule has 2 heterocycles. The third-order valence-electron chi connectivity index (χ3n) is 7.28. The molecule has 4 rings (SSSR count). The van der Waals surface area contributed by atoms with E-state index >= 15 is 0 Å². The fourth-order valence-corrected chi connectivity index (χ4v) is 5.27. The molecule has 2 N–H and O–H groups in total. The third-order valence-corrected chi connectivity index (χ3v) is 7.53. The highest BCUT2D eigenvalue weighted by atomic mass is 35.5. The zero-order chi connectivity index (χ0) is 25.0. The number of halogens is 1. The Bertz CT molecular complexity index is 1040. The van der Waals surface area contributed by atoms with Crippen LogP contribution in [0.25, 0.3) is 0 Å². The van der Waals surface area contributed by atoms with Gasteiger partial charge in [0.05, 0.1) is 18.6 Å². The molecule has 0 radical (unpaired) electrons.